The summed E-state index contributed by atoms with van der Waals surface area (Å²) in [5, 5.41) is 0. The minimum Gasteiger partial charge on any atom is -0.461 e. The van der Waals surface area contributed by atoms with Crippen molar-refractivity contribution in [1.82, 2.24) is 4.98 Å². The number of carbonyl (C=O) groups is 1. The Morgan fingerprint density at radius 1 is 1.23 bits per heavy atom. The molecule has 2 rings (SSSR count). The molecule has 0 unspecified atom stereocenters. The molecule has 0 aliphatic rings. The highest BCUT2D eigenvalue weighted by Crippen LogP contribution is 2.33. The number of rotatable bonds is 4. The molecule has 0 atom stereocenters. The average Bonchev–Trinajstić information content (AvgIpc) is 2.47. The first-order valence-electron chi connectivity index (χ1n) is 6.95. The first-order valence-corrected chi connectivity index (χ1v) is 6.95. The van der Waals surface area contributed by atoms with E-state index in [9.17, 15) is 13.6 Å². The van der Waals surface area contributed by atoms with Gasteiger partial charge in [-0.2, -0.15) is 8.78 Å². The maximum atomic E-state index is 14.1. The molecule has 0 radical (unpaired) electrons. The molecule has 0 aliphatic heterocycles. The van der Waals surface area contributed by atoms with Gasteiger partial charge < -0.3 is 4.74 Å². The van der Waals surface area contributed by atoms with Gasteiger partial charge in [-0.1, -0.05) is 18.2 Å². The molecule has 22 heavy (non-hydrogen) atoms. The van der Waals surface area contributed by atoms with Gasteiger partial charge in [0.25, 0.3) is 0 Å². The van der Waals surface area contributed by atoms with Gasteiger partial charge in [0.05, 0.1) is 12.3 Å². The van der Waals surface area contributed by atoms with E-state index in [0.29, 0.717) is 11.3 Å². The van der Waals surface area contributed by atoms with Gasteiger partial charge >= 0.3 is 11.9 Å². The van der Waals surface area contributed by atoms with Gasteiger partial charge in [0.2, 0.25) is 0 Å². The number of pyridine rings is 1. The zero-order valence-corrected chi connectivity index (χ0v) is 12.7. The summed E-state index contributed by atoms with van der Waals surface area (Å²) in [4.78, 5) is 15.7. The van der Waals surface area contributed by atoms with E-state index in [0.717, 1.165) is 11.1 Å². The largest absolute Gasteiger partial charge is 0.461 e. The van der Waals surface area contributed by atoms with E-state index in [2.05, 4.69) is 9.72 Å². The van der Waals surface area contributed by atoms with Crippen LogP contribution in [0.3, 0.4) is 0 Å². The highest BCUT2D eigenvalue weighted by atomic mass is 19.3. The third-order valence-corrected chi connectivity index (χ3v) is 3.30. The molecular formula is C17H17F2NO2. The molecule has 0 N–H and O–H groups in total. The van der Waals surface area contributed by atoms with E-state index in [1.807, 2.05) is 19.1 Å². The Bertz CT molecular complexity index is 682. The molecule has 3 nitrogen and oxygen atoms in total. The zero-order valence-electron chi connectivity index (χ0n) is 12.7. The van der Waals surface area contributed by atoms with Gasteiger partial charge in [0, 0.05) is 17.3 Å². The van der Waals surface area contributed by atoms with Gasteiger partial charge in [-0.3, -0.25) is 4.98 Å². The monoisotopic (exact) mass is 305 g/mol. The molecule has 0 fully saturated rings. The van der Waals surface area contributed by atoms with Crippen LogP contribution in [-0.4, -0.2) is 17.6 Å². The molecule has 0 spiro atoms. The van der Waals surface area contributed by atoms with Crippen molar-refractivity contribution in [3.05, 3.63) is 53.2 Å². The summed E-state index contributed by atoms with van der Waals surface area (Å²) in [5.74, 6) is -5.18. The quantitative estimate of drug-likeness (QED) is 0.801. The van der Waals surface area contributed by atoms with Crippen molar-refractivity contribution in [2.24, 2.45) is 0 Å². The van der Waals surface area contributed by atoms with Crippen molar-refractivity contribution < 1.29 is 18.3 Å². The average molecular weight is 305 g/mol. The highest BCUT2D eigenvalue weighted by Gasteiger charge is 2.43. The predicted molar refractivity (Wildman–Crippen MR) is 79.7 cm³/mol. The van der Waals surface area contributed by atoms with E-state index in [1.165, 1.54) is 19.1 Å². The van der Waals surface area contributed by atoms with E-state index >= 15 is 0 Å². The molecular weight excluding hydrogens is 288 g/mol. The summed E-state index contributed by atoms with van der Waals surface area (Å²) in [6.45, 7) is 4.87. The minimum atomic E-state index is -3.65. The Balaban J connectivity index is 2.37. The number of carbonyl (C=O) groups excluding carboxylic acids is 1. The third kappa shape index (κ3) is 3.13. The van der Waals surface area contributed by atoms with Crippen molar-refractivity contribution in [2.45, 2.75) is 26.7 Å². The van der Waals surface area contributed by atoms with E-state index in [-0.39, 0.29) is 12.2 Å². The molecule has 0 aliphatic carbocycles. The third-order valence-electron chi connectivity index (χ3n) is 3.30. The number of nitrogens with zero attached hydrogens (tertiary/aromatic N) is 1. The summed E-state index contributed by atoms with van der Waals surface area (Å²) in [5.41, 5.74) is 2.41. The number of halogens is 2. The number of esters is 1. The summed E-state index contributed by atoms with van der Waals surface area (Å²) in [6, 6.07) is 8.11. The van der Waals surface area contributed by atoms with Crippen LogP contribution in [0.1, 0.15) is 23.6 Å². The lowest BCUT2D eigenvalue weighted by Gasteiger charge is -2.17. The van der Waals surface area contributed by atoms with Crippen molar-refractivity contribution >= 4 is 5.97 Å². The number of hydrogen-bond donors (Lipinski definition) is 0. The summed E-state index contributed by atoms with van der Waals surface area (Å²) < 4.78 is 32.6. The fourth-order valence-corrected chi connectivity index (χ4v) is 2.15. The molecule has 1 aromatic heterocycles. The van der Waals surface area contributed by atoms with Crippen LogP contribution < -0.4 is 0 Å². The maximum absolute atomic E-state index is 14.1. The zero-order chi connectivity index (χ0) is 16.3. The van der Waals surface area contributed by atoms with Crippen molar-refractivity contribution in [3.63, 3.8) is 0 Å². The predicted octanol–water partition coefficient (Wildman–Crippen LogP) is 4.02. The van der Waals surface area contributed by atoms with Gasteiger partial charge in [-0.05, 0) is 44.0 Å². The van der Waals surface area contributed by atoms with Crippen LogP contribution >= 0.6 is 0 Å². The number of alkyl halides is 2. The van der Waals surface area contributed by atoms with Crippen LogP contribution in [0.2, 0.25) is 0 Å². The Morgan fingerprint density at radius 2 is 1.95 bits per heavy atom. The smallest absolute Gasteiger partial charge is 0.381 e. The minimum absolute atomic E-state index is 0.0845. The van der Waals surface area contributed by atoms with Gasteiger partial charge in [0.1, 0.15) is 0 Å². The number of hydrogen-bond acceptors (Lipinski definition) is 3. The Kier molecular flexibility index (Phi) is 4.54. The first-order chi connectivity index (χ1) is 10.4. The van der Waals surface area contributed by atoms with Crippen molar-refractivity contribution in [2.75, 3.05) is 6.61 Å². The highest BCUT2D eigenvalue weighted by molar-refractivity contribution is 5.80. The first kappa shape index (κ1) is 16.1. The molecule has 0 saturated heterocycles. The molecule has 116 valence electrons. The Hall–Kier alpha value is -2.30. The fourth-order valence-electron chi connectivity index (χ4n) is 2.15. The molecule has 5 heteroatoms. The molecule has 2 aromatic rings. The lowest BCUT2D eigenvalue weighted by molar-refractivity contribution is -0.173. The summed E-state index contributed by atoms with van der Waals surface area (Å²) >= 11 is 0. The van der Waals surface area contributed by atoms with Crippen LogP contribution in [-0.2, 0) is 15.5 Å². The van der Waals surface area contributed by atoms with Gasteiger partial charge in [0.15, 0.2) is 0 Å². The van der Waals surface area contributed by atoms with Crippen molar-refractivity contribution in [3.8, 4) is 11.3 Å². The standard InChI is InChI=1S/C17H17F2NO2/c1-4-22-16(21)17(18,19)14-7-6-13(9-12(14)3)15-8-5-11(2)10-20-15/h5-10H,4H2,1-3H3. The topological polar surface area (TPSA) is 39.2 Å². The second-order valence-corrected chi connectivity index (χ2v) is 5.05. The lowest BCUT2D eigenvalue weighted by atomic mass is 9.98. The lowest BCUT2D eigenvalue weighted by Crippen LogP contribution is -2.29. The Morgan fingerprint density at radius 3 is 2.50 bits per heavy atom. The molecule has 0 bridgehead atoms. The molecule has 1 aromatic carbocycles. The van der Waals surface area contributed by atoms with Crippen LogP contribution in [0.5, 0.6) is 0 Å². The van der Waals surface area contributed by atoms with Gasteiger partial charge in [-0.25, -0.2) is 4.79 Å². The van der Waals surface area contributed by atoms with Crippen LogP contribution in [0.25, 0.3) is 11.3 Å². The summed E-state index contributed by atoms with van der Waals surface area (Å²) in [6.07, 6.45) is 1.71. The molecule has 0 saturated carbocycles. The number of benzene rings is 1. The van der Waals surface area contributed by atoms with Gasteiger partial charge in [-0.15, -0.1) is 0 Å². The molecule has 1 heterocycles. The SMILES string of the molecule is CCOC(=O)C(F)(F)c1ccc(-c2ccc(C)cn2)cc1C. The van der Waals surface area contributed by atoms with E-state index < -0.39 is 11.9 Å². The second-order valence-electron chi connectivity index (χ2n) is 5.05. The number of aryl methyl sites for hydroxylation is 2. The number of ether oxygens (including phenoxy) is 1. The molecule has 0 amide bonds. The van der Waals surface area contributed by atoms with Crippen LogP contribution in [0.15, 0.2) is 36.5 Å². The van der Waals surface area contributed by atoms with Crippen LogP contribution in [0.4, 0.5) is 8.78 Å². The fraction of sp³-hybridized carbons (Fsp3) is 0.294. The second kappa shape index (κ2) is 6.22. The van der Waals surface area contributed by atoms with E-state index in [1.54, 1.807) is 19.2 Å². The normalized spacial score (nSPS) is 11.3. The summed E-state index contributed by atoms with van der Waals surface area (Å²) in [7, 11) is 0. The van der Waals surface area contributed by atoms with E-state index in [4.69, 9.17) is 0 Å². The number of aromatic nitrogens is 1. The maximum Gasteiger partial charge on any atom is 0.381 e. The Labute approximate surface area is 128 Å². The van der Waals surface area contributed by atoms with Crippen molar-refractivity contribution in [1.29, 1.82) is 0 Å². The van der Waals surface area contributed by atoms with Crippen LogP contribution in [0, 0.1) is 13.8 Å².